The van der Waals surface area contributed by atoms with Gasteiger partial charge in [-0.3, -0.25) is 9.69 Å². The lowest BCUT2D eigenvalue weighted by molar-refractivity contribution is -0.162. The molecule has 1 amide bonds. The number of amides is 1. The Hall–Kier alpha value is -3.51. The van der Waals surface area contributed by atoms with Crippen LogP contribution >= 0.6 is 0 Å². The number of fused-ring (bicyclic) bond motifs is 4. The second kappa shape index (κ2) is 17.8. The molecule has 0 spiro atoms. The zero-order valence-corrected chi connectivity index (χ0v) is 32.7. The second-order valence-corrected chi connectivity index (χ2v) is 15.2. The first kappa shape index (κ1) is 39.2. The number of ether oxygens (including phenoxy) is 7. The van der Waals surface area contributed by atoms with Gasteiger partial charge in [-0.15, -0.1) is 0 Å². The third kappa shape index (κ3) is 8.43. The summed E-state index contributed by atoms with van der Waals surface area (Å²) in [4.78, 5) is 19.5. The number of rotatable bonds is 15. The van der Waals surface area contributed by atoms with Crippen LogP contribution in [0.1, 0.15) is 80.8 Å². The Morgan fingerprint density at radius 2 is 1.49 bits per heavy atom. The molecule has 4 heterocycles. The lowest BCUT2D eigenvalue weighted by Gasteiger charge is -2.49. The third-order valence-corrected chi connectivity index (χ3v) is 12.0. The number of carbonyl (C=O) groups excluding carboxylic acids is 1. The van der Waals surface area contributed by atoms with Crippen LogP contribution in [0, 0.1) is 23.7 Å². The summed E-state index contributed by atoms with van der Waals surface area (Å²) in [5.74, 6) is 4.44. The molecule has 2 aromatic rings. The average Bonchev–Trinajstić information content (AvgIpc) is 3.18. The summed E-state index contributed by atoms with van der Waals surface area (Å²) < 4.78 is 40.8. The highest BCUT2D eigenvalue weighted by molar-refractivity contribution is 5.92. The summed E-state index contributed by atoms with van der Waals surface area (Å²) in [6.07, 6.45) is 6.69. The molecule has 6 atom stereocenters. The number of benzene rings is 2. The van der Waals surface area contributed by atoms with Crippen LogP contribution in [0.25, 0.3) is 0 Å². The number of nitrogens with zero attached hydrogens (tertiary/aromatic N) is 2. The summed E-state index contributed by atoms with van der Waals surface area (Å²) in [6, 6.07) is 8.61. The maximum absolute atomic E-state index is 14.8. The van der Waals surface area contributed by atoms with Crippen LogP contribution in [0.5, 0.6) is 23.0 Å². The van der Waals surface area contributed by atoms with E-state index >= 15 is 0 Å². The van der Waals surface area contributed by atoms with Gasteiger partial charge >= 0.3 is 0 Å². The van der Waals surface area contributed by atoms with Crippen LogP contribution in [0.15, 0.2) is 36.1 Å². The molecule has 11 nitrogen and oxygen atoms in total. The highest BCUT2D eigenvalue weighted by Gasteiger charge is 2.43. The number of aliphatic hydroxyl groups is 1. The van der Waals surface area contributed by atoms with Gasteiger partial charge in [0.15, 0.2) is 28.8 Å². The number of hydrogen-bond donors (Lipinski definition) is 1. The molecular weight excluding hydrogens is 676 g/mol. The molecule has 4 aliphatic heterocycles. The van der Waals surface area contributed by atoms with Crippen molar-refractivity contribution < 1.29 is 43.1 Å². The topological polar surface area (TPSA) is 108 Å². The molecule has 4 aliphatic rings. The fraction of sp³-hybridized carbons (Fsp3) is 0.643. The molecule has 292 valence electrons. The van der Waals surface area contributed by atoms with E-state index in [0.29, 0.717) is 67.6 Å². The van der Waals surface area contributed by atoms with Crippen molar-refractivity contribution >= 4 is 5.91 Å². The maximum atomic E-state index is 14.8. The van der Waals surface area contributed by atoms with Gasteiger partial charge in [-0.1, -0.05) is 27.2 Å². The van der Waals surface area contributed by atoms with Crippen LogP contribution in [0.4, 0.5) is 0 Å². The molecule has 0 saturated carbocycles. The van der Waals surface area contributed by atoms with E-state index < -0.39 is 6.29 Å². The van der Waals surface area contributed by atoms with E-state index in [1.165, 1.54) is 16.7 Å². The molecule has 1 N–H and O–H groups in total. The van der Waals surface area contributed by atoms with Crippen molar-refractivity contribution in [2.45, 2.75) is 77.7 Å². The monoisotopic (exact) mass is 736 g/mol. The van der Waals surface area contributed by atoms with Crippen molar-refractivity contribution in [2.24, 2.45) is 23.7 Å². The Labute approximate surface area is 315 Å². The summed E-state index contributed by atoms with van der Waals surface area (Å²) in [5, 5.41) is 9.06. The van der Waals surface area contributed by atoms with Crippen LogP contribution in [0.3, 0.4) is 0 Å². The second-order valence-electron chi connectivity index (χ2n) is 15.2. The first-order valence-electron chi connectivity index (χ1n) is 19.5. The summed E-state index contributed by atoms with van der Waals surface area (Å²) in [5.41, 5.74) is 4.95. The van der Waals surface area contributed by atoms with E-state index in [1.807, 2.05) is 11.0 Å². The fourth-order valence-electron chi connectivity index (χ4n) is 9.02. The molecule has 0 bridgehead atoms. The molecule has 0 radical (unpaired) electrons. The van der Waals surface area contributed by atoms with Gasteiger partial charge in [-0.25, -0.2) is 0 Å². The van der Waals surface area contributed by atoms with E-state index in [1.54, 1.807) is 28.4 Å². The van der Waals surface area contributed by atoms with Crippen molar-refractivity contribution in [2.75, 3.05) is 74.5 Å². The van der Waals surface area contributed by atoms with Gasteiger partial charge in [-0.05, 0) is 102 Å². The van der Waals surface area contributed by atoms with Gasteiger partial charge in [0.25, 0.3) is 5.91 Å². The van der Waals surface area contributed by atoms with Crippen LogP contribution < -0.4 is 18.9 Å². The summed E-state index contributed by atoms with van der Waals surface area (Å²) in [7, 11) is 6.73. The average molecular weight is 737 g/mol. The minimum atomic E-state index is -0.556. The molecule has 0 aliphatic carbocycles. The molecule has 53 heavy (non-hydrogen) atoms. The Balaban J connectivity index is 1.32. The molecule has 6 rings (SSSR count). The predicted octanol–water partition coefficient (Wildman–Crippen LogP) is 6.11. The highest BCUT2D eigenvalue weighted by atomic mass is 16.7. The number of allylic oxidation sites excluding steroid dienone is 1. The molecule has 1 saturated heterocycles. The molecule has 11 heteroatoms. The third-order valence-electron chi connectivity index (χ3n) is 12.0. The Bertz CT molecular complexity index is 1590. The molecule has 1 fully saturated rings. The predicted molar refractivity (Wildman–Crippen MR) is 202 cm³/mol. The van der Waals surface area contributed by atoms with Crippen molar-refractivity contribution in [3.8, 4) is 23.0 Å². The van der Waals surface area contributed by atoms with Crippen molar-refractivity contribution in [1.29, 1.82) is 0 Å². The Morgan fingerprint density at radius 1 is 0.849 bits per heavy atom. The van der Waals surface area contributed by atoms with Crippen molar-refractivity contribution in [3.63, 3.8) is 0 Å². The lowest BCUT2D eigenvalue weighted by atomic mass is 9.72. The normalized spacial score (nSPS) is 25.5. The number of hydrogen-bond acceptors (Lipinski definition) is 10. The van der Waals surface area contributed by atoms with E-state index in [2.05, 4.69) is 49.9 Å². The fourth-order valence-corrected chi connectivity index (χ4v) is 9.02. The zero-order valence-electron chi connectivity index (χ0n) is 32.7. The summed E-state index contributed by atoms with van der Waals surface area (Å²) >= 11 is 0. The quantitative estimate of drug-likeness (QED) is 0.215. The minimum absolute atomic E-state index is 0.0361. The van der Waals surface area contributed by atoms with Gasteiger partial charge in [0, 0.05) is 32.1 Å². The molecule has 2 aromatic carbocycles. The highest BCUT2D eigenvalue weighted by Crippen LogP contribution is 2.49. The van der Waals surface area contributed by atoms with Crippen molar-refractivity contribution in [1.82, 2.24) is 9.80 Å². The van der Waals surface area contributed by atoms with Crippen LogP contribution in [0.2, 0.25) is 0 Å². The zero-order chi connectivity index (χ0) is 37.6. The molecule has 6 unspecified atom stereocenters. The Morgan fingerprint density at radius 3 is 2.13 bits per heavy atom. The van der Waals surface area contributed by atoms with Gasteiger partial charge in [0.1, 0.15) is 0 Å². The van der Waals surface area contributed by atoms with Crippen molar-refractivity contribution in [3.05, 3.63) is 58.4 Å². The molecular formula is C42H60N2O9. The van der Waals surface area contributed by atoms with E-state index in [4.69, 9.17) is 38.3 Å². The maximum Gasteiger partial charge on any atom is 0.289 e. The van der Waals surface area contributed by atoms with Gasteiger partial charge in [0.05, 0.1) is 60.9 Å². The Kier molecular flexibility index (Phi) is 13.1. The largest absolute Gasteiger partial charge is 0.493 e. The summed E-state index contributed by atoms with van der Waals surface area (Å²) in [6.45, 7) is 10.1. The van der Waals surface area contributed by atoms with E-state index in [9.17, 15) is 4.79 Å². The number of carbonyl (C=O) groups is 1. The minimum Gasteiger partial charge on any atom is -0.493 e. The van der Waals surface area contributed by atoms with Gasteiger partial charge in [0.2, 0.25) is 6.29 Å². The standard InChI is InChI=1S/C42H60N2O9/c1-8-27-25-43-11-9-28-19-36(47-4)38(49-6)23-32(28)34(43)17-31(27)18-35-33-24-39(50-7)37(48-5)20-29(33)10-12-44(35)42(46)40-21-30(26(2)3)22-41(53-40)52-16-15-51-14-13-45/h19-21,23-24,26-27,30-31,34-35,41,45H,8-18,22,25H2,1-7H3. The molecule has 0 aromatic heterocycles. The first-order valence-corrected chi connectivity index (χ1v) is 19.5. The van der Waals surface area contributed by atoms with Gasteiger partial charge in [-0.2, -0.15) is 0 Å². The SMILES string of the molecule is CCC1CN2CCc3cc(OC)c(OC)cc3C2CC1CC1c2cc(OC)c(OC)cc2CCN1C(=O)C1=CC(C(C)C)CC(OCCOCCO)O1. The van der Waals surface area contributed by atoms with E-state index in [0.717, 1.165) is 55.8 Å². The van der Waals surface area contributed by atoms with Crippen LogP contribution in [-0.2, 0) is 31.8 Å². The number of aliphatic hydroxyl groups excluding tert-OH is 1. The number of piperidine rings is 1. The first-order chi connectivity index (χ1) is 25.7. The lowest BCUT2D eigenvalue weighted by Crippen LogP contribution is -2.48. The smallest absolute Gasteiger partial charge is 0.289 e. The van der Waals surface area contributed by atoms with Gasteiger partial charge < -0.3 is 43.2 Å². The number of methoxy groups -OCH3 is 4. The van der Waals surface area contributed by atoms with E-state index in [-0.39, 0.29) is 37.1 Å². The van der Waals surface area contributed by atoms with Crippen LogP contribution in [-0.4, -0.2) is 102 Å².